The van der Waals surface area contributed by atoms with Gasteiger partial charge in [-0.05, 0) is 42.7 Å². The van der Waals surface area contributed by atoms with E-state index in [1.165, 1.54) is 0 Å². The van der Waals surface area contributed by atoms with Crippen molar-refractivity contribution >= 4 is 27.3 Å². The van der Waals surface area contributed by atoms with Crippen molar-refractivity contribution in [3.8, 4) is 0 Å². The van der Waals surface area contributed by atoms with E-state index >= 15 is 0 Å². The molecule has 0 bridgehead atoms. The molecular formula is C20H24N2O4S. The Labute approximate surface area is 159 Å². The van der Waals surface area contributed by atoms with E-state index in [0.717, 1.165) is 18.2 Å². The third-order valence-corrected chi connectivity index (χ3v) is 5.04. The van der Waals surface area contributed by atoms with Crippen LogP contribution < -0.4 is 10.6 Å². The molecule has 0 spiro atoms. The molecule has 0 aliphatic rings. The van der Waals surface area contributed by atoms with Gasteiger partial charge in [-0.15, -0.1) is 0 Å². The van der Waals surface area contributed by atoms with Crippen LogP contribution in [0.3, 0.4) is 0 Å². The molecule has 27 heavy (non-hydrogen) atoms. The van der Waals surface area contributed by atoms with Crippen molar-refractivity contribution in [1.29, 1.82) is 0 Å². The van der Waals surface area contributed by atoms with Gasteiger partial charge in [0.25, 0.3) is 5.91 Å². The second kappa shape index (κ2) is 9.32. The second-order valence-corrected chi connectivity index (χ2v) is 8.61. The van der Waals surface area contributed by atoms with Crippen LogP contribution in [0.15, 0.2) is 54.6 Å². The van der Waals surface area contributed by atoms with Gasteiger partial charge in [0.05, 0.1) is 5.75 Å². The maximum absolute atomic E-state index is 12.6. The van der Waals surface area contributed by atoms with E-state index < -0.39 is 27.7 Å². The number of carbonyl (C=O) groups excluding carboxylic acids is 2. The van der Waals surface area contributed by atoms with Gasteiger partial charge in [-0.3, -0.25) is 9.59 Å². The fourth-order valence-corrected chi connectivity index (χ4v) is 3.15. The molecule has 2 aromatic carbocycles. The predicted octanol–water partition coefficient (Wildman–Crippen LogP) is 2.42. The van der Waals surface area contributed by atoms with Crippen molar-refractivity contribution in [1.82, 2.24) is 5.32 Å². The van der Waals surface area contributed by atoms with Crippen LogP contribution in [0.1, 0.15) is 29.3 Å². The van der Waals surface area contributed by atoms with E-state index in [-0.39, 0.29) is 12.2 Å². The summed E-state index contributed by atoms with van der Waals surface area (Å²) in [4.78, 5) is 25.0. The van der Waals surface area contributed by atoms with Crippen molar-refractivity contribution in [2.24, 2.45) is 0 Å². The second-order valence-electron chi connectivity index (χ2n) is 6.35. The molecule has 0 saturated carbocycles. The quantitative estimate of drug-likeness (QED) is 0.726. The van der Waals surface area contributed by atoms with Gasteiger partial charge in [-0.25, -0.2) is 8.42 Å². The van der Waals surface area contributed by atoms with Crippen molar-refractivity contribution in [2.75, 3.05) is 17.3 Å². The van der Waals surface area contributed by atoms with Crippen molar-refractivity contribution in [3.05, 3.63) is 65.7 Å². The number of hydrogen-bond acceptors (Lipinski definition) is 4. The topological polar surface area (TPSA) is 92.3 Å². The largest absolute Gasteiger partial charge is 0.340 e. The Bertz CT molecular complexity index is 878. The Morgan fingerprint density at radius 3 is 2.19 bits per heavy atom. The van der Waals surface area contributed by atoms with Gasteiger partial charge in [0.15, 0.2) is 0 Å². The van der Waals surface area contributed by atoms with Crippen LogP contribution in [0.4, 0.5) is 5.69 Å². The summed E-state index contributed by atoms with van der Waals surface area (Å²) < 4.78 is 23.0. The number of nitrogens with one attached hydrogen (secondary N) is 2. The van der Waals surface area contributed by atoms with E-state index in [2.05, 4.69) is 10.6 Å². The molecule has 2 aromatic rings. The molecule has 2 amide bonds. The molecule has 0 saturated heterocycles. The van der Waals surface area contributed by atoms with E-state index in [9.17, 15) is 18.0 Å². The maximum atomic E-state index is 12.6. The zero-order chi connectivity index (χ0) is 19.9. The Hall–Kier alpha value is -2.67. The minimum absolute atomic E-state index is 0.00369. The minimum atomic E-state index is -3.27. The van der Waals surface area contributed by atoms with Gasteiger partial charge in [0, 0.05) is 17.5 Å². The molecule has 6 nitrogen and oxygen atoms in total. The van der Waals surface area contributed by atoms with Crippen LogP contribution in [-0.4, -0.2) is 38.3 Å². The van der Waals surface area contributed by atoms with Crippen LogP contribution in [-0.2, 0) is 21.1 Å². The number of amides is 2. The van der Waals surface area contributed by atoms with Crippen LogP contribution in [0, 0.1) is 0 Å². The van der Waals surface area contributed by atoms with Crippen molar-refractivity contribution < 1.29 is 18.0 Å². The number of carbonyl (C=O) groups is 2. The van der Waals surface area contributed by atoms with Crippen LogP contribution in [0.5, 0.6) is 0 Å². The molecular weight excluding hydrogens is 364 g/mol. The highest BCUT2D eigenvalue weighted by Gasteiger charge is 2.23. The smallest absolute Gasteiger partial charge is 0.251 e. The Kier molecular flexibility index (Phi) is 7.12. The summed E-state index contributed by atoms with van der Waals surface area (Å²) in [5, 5.41) is 5.37. The number of rotatable bonds is 8. The van der Waals surface area contributed by atoms with Crippen LogP contribution in [0.2, 0.25) is 0 Å². The highest BCUT2D eigenvalue weighted by Crippen LogP contribution is 2.11. The SMILES string of the molecule is CCc1ccc(NC(=O)[C@H](CCS(C)(=O)=O)NC(=O)c2ccccc2)cc1. The minimum Gasteiger partial charge on any atom is -0.340 e. The molecule has 7 heteroatoms. The Morgan fingerprint density at radius 1 is 1.00 bits per heavy atom. The van der Waals surface area contributed by atoms with Gasteiger partial charge in [-0.2, -0.15) is 0 Å². The van der Waals surface area contributed by atoms with Gasteiger partial charge < -0.3 is 10.6 Å². The van der Waals surface area contributed by atoms with Crippen molar-refractivity contribution in [2.45, 2.75) is 25.8 Å². The Morgan fingerprint density at radius 2 is 1.63 bits per heavy atom. The van der Waals surface area contributed by atoms with Crippen molar-refractivity contribution in [3.63, 3.8) is 0 Å². The molecule has 0 unspecified atom stereocenters. The third kappa shape index (κ3) is 6.86. The molecule has 2 N–H and O–H groups in total. The van der Waals surface area contributed by atoms with Crippen LogP contribution >= 0.6 is 0 Å². The maximum Gasteiger partial charge on any atom is 0.251 e. The number of aryl methyl sites for hydroxylation is 1. The standard InChI is InChI=1S/C20H24N2O4S/c1-3-15-9-11-17(12-10-15)21-20(24)18(13-14-27(2,25)26)22-19(23)16-7-5-4-6-8-16/h4-12,18H,3,13-14H2,1-2H3,(H,21,24)(H,22,23)/t18-/m0/s1. The fourth-order valence-electron chi connectivity index (χ4n) is 2.48. The lowest BCUT2D eigenvalue weighted by molar-refractivity contribution is -0.118. The zero-order valence-corrected chi connectivity index (χ0v) is 16.3. The summed E-state index contributed by atoms with van der Waals surface area (Å²) >= 11 is 0. The lowest BCUT2D eigenvalue weighted by Crippen LogP contribution is -2.44. The van der Waals surface area contributed by atoms with Gasteiger partial charge >= 0.3 is 0 Å². The lowest BCUT2D eigenvalue weighted by Gasteiger charge is -2.18. The first-order valence-corrected chi connectivity index (χ1v) is 10.8. The highest BCUT2D eigenvalue weighted by molar-refractivity contribution is 7.90. The summed E-state index contributed by atoms with van der Waals surface area (Å²) in [6.07, 6.45) is 1.99. The first-order chi connectivity index (χ1) is 12.8. The van der Waals surface area contributed by atoms with Gasteiger partial charge in [-0.1, -0.05) is 37.3 Å². The lowest BCUT2D eigenvalue weighted by atomic mass is 10.1. The third-order valence-electron chi connectivity index (χ3n) is 4.06. The first kappa shape index (κ1) is 20.6. The summed E-state index contributed by atoms with van der Waals surface area (Å²) in [7, 11) is -3.27. The number of hydrogen-bond donors (Lipinski definition) is 2. The first-order valence-electron chi connectivity index (χ1n) is 8.72. The van der Waals surface area contributed by atoms with Gasteiger partial charge in [0.2, 0.25) is 5.91 Å². The fraction of sp³-hybridized carbons (Fsp3) is 0.300. The molecule has 2 rings (SSSR count). The monoisotopic (exact) mass is 388 g/mol. The molecule has 1 atom stereocenters. The van der Waals surface area contributed by atoms with E-state index in [0.29, 0.717) is 11.3 Å². The van der Waals surface area contributed by atoms with E-state index in [4.69, 9.17) is 0 Å². The summed E-state index contributed by atoms with van der Waals surface area (Å²) in [6.45, 7) is 2.04. The zero-order valence-electron chi connectivity index (χ0n) is 15.4. The normalized spacial score (nSPS) is 12.2. The van der Waals surface area contributed by atoms with Crippen LogP contribution in [0.25, 0.3) is 0 Å². The van der Waals surface area contributed by atoms with E-state index in [1.54, 1.807) is 42.5 Å². The predicted molar refractivity (Wildman–Crippen MR) is 106 cm³/mol. The molecule has 0 fully saturated rings. The van der Waals surface area contributed by atoms with E-state index in [1.807, 2.05) is 19.1 Å². The molecule has 0 aromatic heterocycles. The highest BCUT2D eigenvalue weighted by atomic mass is 32.2. The number of sulfone groups is 1. The summed E-state index contributed by atoms with van der Waals surface area (Å²) in [5.74, 6) is -1.08. The number of benzene rings is 2. The molecule has 0 heterocycles. The average molecular weight is 388 g/mol. The molecule has 144 valence electrons. The molecule has 0 aliphatic heterocycles. The average Bonchev–Trinajstić information content (AvgIpc) is 2.65. The Balaban J connectivity index is 2.12. The summed E-state index contributed by atoms with van der Waals surface area (Å²) in [6, 6.07) is 14.9. The molecule has 0 radical (unpaired) electrons. The number of anilines is 1. The molecule has 0 aliphatic carbocycles. The van der Waals surface area contributed by atoms with Gasteiger partial charge in [0.1, 0.15) is 15.9 Å². The summed E-state index contributed by atoms with van der Waals surface area (Å²) in [5.41, 5.74) is 2.14.